The van der Waals surface area contributed by atoms with Crippen LogP contribution in [0.25, 0.3) is 11.6 Å². The highest BCUT2D eigenvalue weighted by Gasteiger charge is 2.17. The van der Waals surface area contributed by atoms with E-state index in [-0.39, 0.29) is 0 Å². The summed E-state index contributed by atoms with van der Waals surface area (Å²) in [5.74, 6) is 0. The van der Waals surface area contributed by atoms with Crippen LogP contribution >= 0.6 is 11.9 Å². The summed E-state index contributed by atoms with van der Waals surface area (Å²) in [5.41, 5.74) is 7.28. The normalized spacial score (nSPS) is 15.6. The van der Waals surface area contributed by atoms with E-state index in [1.54, 1.807) is 0 Å². The number of fused-ring (bicyclic) bond motifs is 2. The monoisotopic (exact) mass is 304 g/mol. The smallest absolute Gasteiger partial charge is 0.126 e. The van der Waals surface area contributed by atoms with Crippen molar-refractivity contribution in [2.45, 2.75) is 4.90 Å². The second-order valence-corrected chi connectivity index (χ2v) is 5.47. The first-order chi connectivity index (χ1) is 10.9. The first-order valence-corrected chi connectivity index (χ1v) is 7.46. The predicted octanol–water partition coefficient (Wildman–Crippen LogP) is 5.14. The van der Waals surface area contributed by atoms with E-state index in [1.165, 1.54) is 11.9 Å². The maximum absolute atomic E-state index is 4.32. The lowest BCUT2D eigenvalue weighted by Gasteiger charge is -2.08. The van der Waals surface area contributed by atoms with Gasteiger partial charge < -0.3 is 0 Å². The molecule has 0 saturated carbocycles. The van der Waals surface area contributed by atoms with E-state index in [0.29, 0.717) is 5.70 Å². The van der Waals surface area contributed by atoms with Crippen LogP contribution in [0.15, 0.2) is 79.1 Å². The largest absolute Gasteiger partial charge is 0.259 e. The lowest BCUT2D eigenvalue weighted by Crippen LogP contribution is -1.93. The van der Waals surface area contributed by atoms with E-state index >= 15 is 0 Å². The molecule has 0 saturated heterocycles. The van der Waals surface area contributed by atoms with Gasteiger partial charge in [0.05, 0.1) is 11.4 Å². The van der Waals surface area contributed by atoms with Gasteiger partial charge in [-0.2, -0.15) is 0 Å². The highest BCUT2D eigenvalue weighted by molar-refractivity contribution is 7.98. The van der Waals surface area contributed by atoms with E-state index in [4.69, 9.17) is 0 Å². The number of nitrogens with zero attached hydrogens (tertiary/aromatic N) is 4. The van der Waals surface area contributed by atoms with Crippen molar-refractivity contribution in [3.8, 4) is 0 Å². The molecule has 105 valence electrons. The number of benzene rings is 2. The second-order valence-electron chi connectivity index (χ2n) is 4.68. The standard InChI is InChI=1S/C16H10N5S/c1-4-8-16-11(5-1)9-15(19-21-22-16)13-10-17-20-18-14-7-3-2-6-12(13)14/h1-9H,(H,17,18). The number of rotatable bonds is 1. The van der Waals surface area contributed by atoms with Crippen LogP contribution in [0.5, 0.6) is 0 Å². The molecule has 22 heavy (non-hydrogen) atoms. The van der Waals surface area contributed by atoms with E-state index in [9.17, 15) is 0 Å². The zero-order valence-corrected chi connectivity index (χ0v) is 12.2. The zero-order valence-electron chi connectivity index (χ0n) is 11.4. The molecule has 2 aliphatic heterocycles. The van der Waals surface area contributed by atoms with E-state index in [0.717, 1.165) is 27.3 Å². The molecule has 6 heteroatoms. The van der Waals surface area contributed by atoms with Crippen LogP contribution < -0.4 is 5.43 Å². The lowest BCUT2D eigenvalue weighted by molar-refractivity contribution is 1.12. The summed E-state index contributed by atoms with van der Waals surface area (Å²) in [4.78, 5) is 1.07. The average molecular weight is 304 g/mol. The molecule has 2 aliphatic rings. The van der Waals surface area contributed by atoms with Crippen molar-refractivity contribution in [1.82, 2.24) is 0 Å². The Morgan fingerprint density at radius 1 is 1.00 bits per heavy atom. The van der Waals surface area contributed by atoms with Crippen LogP contribution in [0.4, 0.5) is 5.69 Å². The number of allylic oxidation sites excluding steroid dienone is 1. The molecule has 0 aromatic heterocycles. The van der Waals surface area contributed by atoms with Gasteiger partial charge in [0, 0.05) is 28.0 Å². The summed E-state index contributed by atoms with van der Waals surface area (Å²) in [7, 11) is 0. The molecule has 0 bridgehead atoms. The highest BCUT2D eigenvalue weighted by atomic mass is 32.2. The lowest BCUT2D eigenvalue weighted by atomic mass is 10.0. The Bertz CT molecular complexity index is 851. The van der Waals surface area contributed by atoms with Gasteiger partial charge >= 0.3 is 0 Å². The third-order valence-corrected chi connectivity index (χ3v) is 4.07. The van der Waals surface area contributed by atoms with Gasteiger partial charge in [-0.1, -0.05) is 41.6 Å². The van der Waals surface area contributed by atoms with Crippen molar-refractivity contribution < 1.29 is 0 Å². The number of anilines is 1. The minimum Gasteiger partial charge on any atom is -0.259 e. The van der Waals surface area contributed by atoms with Gasteiger partial charge in [-0.25, -0.2) is 0 Å². The fraction of sp³-hybridized carbons (Fsp3) is 0. The molecule has 2 heterocycles. The molecule has 0 fully saturated rings. The molecule has 1 N–H and O–H groups in total. The Hall–Kier alpha value is -2.73. The summed E-state index contributed by atoms with van der Waals surface area (Å²) < 4.78 is 4.19. The van der Waals surface area contributed by atoms with Crippen LogP contribution in [0.2, 0.25) is 0 Å². The fourth-order valence-corrected chi connectivity index (χ4v) is 2.89. The maximum Gasteiger partial charge on any atom is 0.126 e. The summed E-state index contributed by atoms with van der Waals surface area (Å²) in [6, 6.07) is 15.9. The Morgan fingerprint density at radius 3 is 2.86 bits per heavy atom. The molecule has 2 aromatic carbocycles. The molecule has 0 unspecified atom stereocenters. The third kappa shape index (κ3) is 2.33. The Labute approximate surface area is 131 Å². The van der Waals surface area contributed by atoms with E-state index < -0.39 is 0 Å². The molecule has 0 spiro atoms. The van der Waals surface area contributed by atoms with Gasteiger partial charge in [0.15, 0.2) is 0 Å². The van der Waals surface area contributed by atoms with Gasteiger partial charge in [0.2, 0.25) is 0 Å². The van der Waals surface area contributed by atoms with Gasteiger partial charge in [-0.05, 0) is 23.8 Å². The van der Waals surface area contributed by atoms with Gasteiger partial charge in [-0.15, -0.1) is 14.7 Å². The molecule has 4 rings (SSSR count). The highest BCUT2D eigenvalue weighted by Crippen LogP contribution is 2.37. The SMILES string of the molecule is [C]1=C(C2=Cc3ccccc3SN=N2)c2ccccc2NN=N1. The van der Waals surface area contributed by atoms with Crippen molar-refractivity contribution >= 4 is 29.3 Å². The Kier molecular flexibility index (Phi) is 3.29. The predicted molar refractivity (Wildman–Crippen MR) is 86.7 cm³/mol. The van der Waals surface area contributed by atoms with Crippen LogP contribution in [-0.2, 0) is 0 Å². The van der Waals surface area contributed by atoms with Crippen LogP contribution in [0, 0.1) is 6.20 Å². The van der Waals surface area contributed by atoms with Crippen molar-refractivity contribution in [1.29, 1.82) is 0 Å². The molecule has 0 amide bonds. The zero-order chi connectivity index (χ0) is 14.8. The number of hydrogen-bond donors (Lipinski definition) is 1. The van der Waals surface area contributed by atoms with Gasteiger partial charge in [0.1, 0.15) is 6.20 Å². The van der Waals surface area contributed by atoms with Crippen molar-refractivity contribution in [2.75, 3.05) is 5.43 Å². The van der Waals surface area contributed by atoms with Gasteiger partial charge in [0.25, 0.3) is 0 Å². The molecule has 5 nitrogen and oxygen atoms in total. The molecular formula is C16H10N5S. The number of nitrogens with one attached hydrogen (secondary N) is 1. The Morgan fingerprint density at radius 2 is 1.86 bits per heavy atom. The number of hydrogen-bond acceptors (Lipinski definition) is 6. The molecule has 0 atom stereocenters. The van der Waals surface area contributed by atoms with Gasteiger partial charge in [-0.3, -0.25) is 5.43 Å². The van der Waals surface area contributed by atoms with Crippen LogP contribution in [-0.4, -0.2) is 0 Å². The van der Waals surface area contributed by atoms with Crippen LogP contribution in [0.1, 0.15) is 11.1 Å². The van der Waals surface area contributed by atoms with Crippen molar-refractivity contribution in [3.05, 3.63) is 71.6 Å². The van der Waals surface area contributed by atoms with E-state index in [1.807, 2.05) is 54.6 Å². The first-order valence-electron chi connectivity index (χ1n) is 6.69. The first kappa shape index (κ1) is 13.0. The number of para-hydroxylation sites is 1. The second kappa shape index (κ2) is 5.57. The summed E-state index contributed by atoms with van der Waals surface area (Å²) in [6.45, 7) is 0. The molecular weight excluding hydrogens is 294 g/mol. The van der Waals surface area contributed by atoms with Crippen LogP contribution in [0.3, 0.4) is 0 Å². The average Bonchev–Trinajstić information content (AvgIpc) is 2.90. The summed E-state index contributed by atoms with van der Waals surface area (Å²) in [5, 5.41) is 12.1. The molecule has 1 radical (unpaired) electrons. The van der Waals surface area contributed by atoms with E-state index in [2.05, 4.69) is 31.6 Å². The summed E-state index contributed by atoms with van der Waals surface area (Å²) in [6.07, 6.45) is 4.95. The minimum atomic E-state index is 0.715. The molecule has 2 aromatic rings. The molecule has 0 aliphatic carbocycles. The quantitative estimate of drug-likeness (QED) is 0.742. The Balaban J connectivity index is 1.87. The maximum atomic E-state index is 4.32. The minimum absolute atomic E-state index is 0.715. The topological polar surface area (TPSA) is 61.5 Å². The third-order valence-electron chi connectivity index (χ3n) is 3.33. The van der Waals surface area contributed by atoms with Crippen molar-refractivity contribution in [3.63, 3.8) is 0 Å². The summed E-state index contributed by atoms with van der Waals surface area (Å²) >= 11 is 1.36. The van der Waals surface area contributed by atoms with Crippen molar-refractivity contribution in [2.24, 2.45) is 20.0 Å². The fourth-order valence-electron chi connectivity index (χ4n) is 2.30.